The van der Waals surface area contributed by atoms with E-state index in [4.69, 9.17) is 28.0 Å². The number of rotatable bonds is 16. The number of amides is 3. The van der Waals surface area contributed by atoms with Crippen LogP contribution in [0.25, 0.3) is 0 Å². The maximum absolute atomic E-state index is 12.4. The first-order valence-electron chi connectivity index (χ1n) is 9.84. The molecule has 0 aliphatic carbocycles. The van der Waals surface area contributed by atoms with Gasteiger partial charge in [0.1, 0.15) is 18.1 Å². The summed E-state index contributed by atoms with van der Waals surface area (Å²) in [6.07, 6.45) is 1.81. The number of aliphatic carboxylic acids is 1. The van der Waals surface area contributed by atoms with Gasteiger partial charge < -0.3 is 49.1 Å². The number of nitrogens with one attached hydrogen (secondary N) is 3. The molecule has 3 amide bonds. The molecule has 13 N–H and O–H groups in total. The van der Waals surface area contributed by atoms with Crippen LogP contribution < -0.4 is 38.9 Å². The maximum Gasteiger partial charge on any atom is 0.326 e. The fourth-order valence-electron chi connectivity index (χ4n) is 2.42. The van der Waals surface area contributed by atoms with Gasteiger partial charge in [0, 0.05) is 6.54 Å². The van der Waals surface area contributed by atoms with Gasteiger partial charge >= 0.3 is 5.97 Å². The number of aliphatic hydroxyl groups is 1. The molecule has 0 aliphatic heterocycles. The Morgan fingerprint density at radius 3 is 2.13 bits per heavy atom. The summed E-state index contributed by atoms with van der Waals surface area (Å²) >= 11 is 0. The van der Waals surface area contributed by atoms with E-state index >= 15 is 0 Å². The summed E-state index contributed by atoms with van der Waals surface area (Å²) in [5.74, 6) is -3.44. The molecule has 0 fully saturated rings. The zero-order valence-electron chi connectivity index (χ0n) is 17.4. The summed E-state index contributed by atoms with van der Waals surface area (Å²) in [7, 11) is 0. The molecule has 178 valence electrons. The molecule has 0 radical (unpaired) electrons. The first kappa shape index (κ1) is 28.0. The number of unbranched alkanes of at least 4 members (excludes halogenated alkanes) is 1. The number of nitrogens with zero attached hydrogens (tertiary/aromatic N) is 1. The van der Waals surface area contributed by atoms with Crippen molar-refractivity contribution in [1.29, 1.82) is 0 Å². The second-order valence-corrected chi connectivity index (χ2v) is 6.76. The lowest BCUT2D eigenvalue weighted by Gasteiger charge is -2.20. The van der Waals surface area contributed by atoms with Crippen molar-refractivity contribution in [3.05, 3.63) is 0 Å². The Bertz CT molecular complexity index is 626. The van der Waals surface area contributed by atoms with Crippen molar-refractivity contribution in [2.24, 2.45) is 27.9 Å². The van der Waals surface area contributed by atoms with Gasteiger partial charge in [-0.2, -0.15) is 0 Å². The molecule has 0 aromatic carbocycles. The van der Waals surface area contributed by atoms with E-state index in [-0.39, 0.29) is 25.3 Å². The number of hydrogen-bond donors (Lipinski definition) is 9. The third-order valence-corrected chi connectivity index (χ3v) is 4.12. The van der Waals surface area contributed by atoms with Crippen molar-refractivity contribution in [1.82, 2.24) is 16.0 Å². The molecule has 0 aromatic rings. The molecule has 14 heteroatoms. The van der Waals surface area contributed by atoms with Crippen LogP contribution in [0.4, 0.5) is 0 Å². The van der Waals surface area contributed by atoms with Gasteiger partial charge in [0.15, 0.2) is 5.96 Å². The van der Waals surface area contributed by atoms with E-state index in [1.807, 2.05) is 0 Å². The highest BCUT2D eigenvalue weighted by atomic mass is 16.4. The average molecular weight is 447 g/mol. The monoisotopic (exact) mass is 446 g/mol. The molecule has 0 rings (SSSR count). The number of carbonyl (C=O) groups excluding carboxylic acids is 3. The van der Waals surface area contributed by atoms with Crippen molar-refractivity contribution in [3.63, 3.8) is 0 Å². The number of aliphatic hydroxyl groups excluding tert-OH is 1. The molecule has 14 nitrogen and oxygen atoms in total. The van der Waals surface area contributed by atoms with Crippen molar-refractivity contribution in [2.45, 2.75) is 50.2 Å². The molecule has 0 saturated heterocycles. The summed E-state index contributed by atoms with van der Waals surface area (Å²) in [4.78, 5) is 51.3. The van der Waals surface area contributed by atoms with Crippen LogP contribution in [0, 0.1) is 0 Å². The van der Waals surface area contributed by atoms with E-state index in [2.05, 4.69) is 20.9 Å². The molecule has 0 spiro atoms. The van der Waals surface area contributed by atoms with Crippen LogP contribution in [-0.4, -0.2) is 84.2 Å². The highest BCUT2D eigenvalue weighted by Crippen LogP contribution is 2.02. The van der Waals surface area contributed by atoms with Crippen LogP contribution in [0.1, 0.15) is 32.1 Å². The van der Waals surface area contributed by atoms with E-state index in [1.165, 1.54) is 0 Å². The van der Waals surface area contributed by atoms with Gasteiger partial charge in [-0.15, -0.1) is 0 Å². The quantitative estimate of drug-likeness (QED) is 0.0624. The third kappa shape index (κ3) is 13.0. The SMILES string of the molecule is NCCCCC(NC(=O)C(N)CO)C(=O)NCC(=O)NC(CCCN=C(N)N)C(=O)O. The number of carboxylic acids is 1. The van der Waals surface area contributed by atoms with Gasteiger partial charge in [-0.3, -0.25) is 19.4 Å². The highest BCUT2D eigenvalue weighted by Gasteiger charge is 2.24. The Hall–Kier alpha value is -2.97. The summed E-state index contributed by atoms with van der Waals surface area (Å²) in [5, 5.41) is 25.2. The second-order valence-electron chi connectivity index (χ2n) is 6.76. The molecule has 0 aromatic heterocycles. The molecular formula is C17H34N8O6. The van der Waals surface area contributed by atoms with Crippen LogP contribution in [-0.2, 0) is 19.2 Å². The fraction of sp³-hybridized carbons (Fsp3) is 0.706. The van der Waals surface area contributed by atoms with Crippen molar-refractivity contribution in [3.8, 4) is 0 Å². The normalized spacial score (nSPS) is 13.4. The van der Waals surface area contributed by atoms with Crippen LogP contribution in [0.3, 0.4) is 0 Å². The van der Waals surface area contributed by atoms with Crippen molar-refractivity contribution in [2.75, 3.05) is 26.2 Å². The molecule has 31 heavy (non-hydrogen) atoms. The first-order chi connectivity index (χ1) is 14.6. The number of hydrogen-bond acceptors (Lipinski definition) is 8. The Morgan fingerprint density at radius 1 is 0.935 bits per heavy atom. The average Bonchev–Trinajstić information content (AvgIpc) is 2.72. The van der Waals surface area contributed by atoms with Gasteiger partial charge in [-0.25, -0.2) is 4.79 Å². The van der Waals surface area contributed by atoms with Gasteiger partial charge in [0.2, 0.25) is 17.7 Å². The highest BCUT2D eigenvalue weighted by molar-refractivity contribution is 5.92. The predicted molar refractivity (Wildman–Crippen MR) is 112 cm³/mol. The van der Waals surface area contributed by atoms with Gasteiger partial charge in [0.05, 0.1) is 13.2 Å². The van der Waals surface area contributed by atoms with Gasteiger partial charge in [0.25, 0.3) is 0 Å². The van der Waals surface area contributed by atoms with E-state index in [1.54, 1.807) is 0 Å². The number of carboxylic acid groups (broad SMARTS) is 1. The topological polar surface area (TPSA) is 261 Å². The van der Waals surface area contributed by atoms with E-state index in [9.17, 15) is 24.3 Å². The third-order valence-electron chi connectivity index (χ3n) is 4.12. The van der Waals surface area contributed by atoms with Crippen LogP contribution in [0.5, 0.6) is 0 Å². The number of carbonyl (C=O) groups is 4. The summed E-state index contributed by atoms with van der Waals surface area (Å²) < 4.78 is 0. The minimum absolute atomic E-state index is 0.0859. The summed E-state index contributed by atoms with van der Waals surface area (Å²) in [6.45, 7) is -0.476. The molecule has 0 bridgehead atoms. The summed E-state index contributed by atoms with van der Waals surface area (Å²) in [6, 6.07) is -3.36. The van der Waals surface area contributed by atoms with Crippen LogP contribution >= 0.6 is 0 Å². The molecular weight excluding hydrogens is 412 g/mol. The summed E-state index contributed by atoms with van der Waals surface area (Å²) in [5.41, 5.74) is 21.2. The number of nitrogens with two attached hydrogens (primary N) is 4. The standard InChI is InChI=1S/C17H34N8O6/c18-6-2-1-4-11(25-14(28)10(19)9-26)15(29)23-8-13(27)24-12(16(30)31)5-3-7-22-17(20)21/h10-12,26H,1-9,18-19H2,(H,23,29)(H,24,27)(H,25,28)(H,30,31)(H4,20,21,22). The first-order valence-corrected chi connectivity index (χ1v) is 9.84. The molecule has 3 atom stereocenters. The molecule has 0 heterocycles. The molecule has 3 unspecified atom stereocenters. The Labute approximate surface area is 180 Å². The minimum atomic E-state index is -1.24. The fourth-order valence-corrected chi connectivity index (χ4v) is 2.42. The molecule has 0 aliphatic rings. The van der Waals surface area contributed by atoms with Crippen LogP contribution in [0.2, 0.25) is 0 Å². The lowest BCUT2D eigenvalue weighted by Crippen LogP contribution is -2.54. The molecule has 0 saturated carbocycles. The van der Waals surface area contributed by atoms with Crippen molar-refractivity contribution >= 4 is 29.7 Å². The Kier molecular flexibility index (Phi) is 14.3. The predicted octanol–water partition coefficient (Wildman–Crippen LogP) is -4.34. The van der Waals surface area contributed by atoms with E-state index in [0.29, 0.717) is 25.8 Å². The Morgan fingerprint density at radius 2 is 1.58 bits per heavy atom. The largest absolute Gasteiger partial charge is 0.480 e. The van der Waals surface area contributed by atoms with Gasteiger partial charge in [-0.1, -0.05) is 0 Å². The van der Waals surface area contributed by atoms with E-state index in [0.717, 1.165) is 0 Å². The van der Waals surface area contributed by atoms with Crippen LogP contribution in [0.15, 0.2) is 4.99 Å². The zero-order chi connectivity index (χ0) is 23.8. The minimum Gasteiger partial charge on any atom is -0.480 e. The smallest absolute Gasteiger partial charge is 0.326 e. The number of guanidine groups is 1. The van der Waals surface area contributed by atoms with E-state index < -0.39 is 55.0 Å². The maximum atomic E-state index is 12.4. The lowest BCUT2D eigenvalue weighted by molar-refractivity contribution is -0.142. The lowest BCUT2D eigenvalue weighted by atomic mass is 10.1. The van der Waals surface area contributed by atoms with Crippen molar-refractivity contribution < 1.29 is 29.4 Å². The second kappa shape index (κ2) is 15.8. The zero-order valence-corrected chi connectivity index (χ0v) is 17.4. The number of aliphatic imine (C=N–C) groups is 1. The van der Waals surface area contributed by atoms with Gasteiger partial charge in [-0.05, 0) is 38.6 Å². The Balaban J connectivity index is 4.72.